The Kier molecular flexibility index (Phi) is 9.71. The van der Waals surface area contributed by atoms with Gasteiger partial charge in [-0.2, -0.15) is 0 Å². The third-order valence-corrected chi connectivity index (χ3v) is 6.35. The molecule has 0 saturated carbocycles. The molecule has 0 radical (unpaired) electrons. The molecule has 1 N–H and O–H groups in total. The molecule has 0 bridgehead atoms. The van der Waals surface area contributed by atoms with Crippen molar-refractivity contribution in [3.05, 3.63) is 23.9 Å². The molecule has 164 valence electrons. The van der Waals surface area contributed by atoms with Gasteiger partial charge >= 0.3 is 0 Å². The Balaban J connectivity index is 1.49. The summed E-state index contributed by atoms with van der Waals surface area (Å²) in [7, 11) is 0. The standard InChI is InChI=1S/C24H41N3O2/c1-3-5-16-28-24(29-17-6-4-2)20-11-14-27(15-12-20)23-10-9-22(19-26-23)21-8-7-13-25-18-21/h9-10,19-21,24-25H,3-8,11-18H2,1-2H3. The van der Waals surface area contributed by atoms with Gasteiger partial charge in [-0.25, -0.2) is 4.98 Å². The van der Waals surface area contributed by atoms with Gasteiger partial charge in [-0.1, -0.05) is 32.8 Å². The summed E-state index contributed by atoms with van der Waals surface area (Å²) in [6.45, 7) is 10.3. The molecule has 1 aromatic rings. The van der Waals surface area contributed by atoms with Crippen molar-refractivity contribution in [2.45, 2.75) is 77.4 Å². The van der Waals surface area contributed by atoms with Crippen LogP contribution in [0.5, 0.6) is 0 Å². The average molecular weight is 404 g/mol. The molecule has 5 nitrogen and oxygen atoms in total. The summed E-state index contributed by atoms with van der Waals surface area (Å²) in [6.07, 6.45) is 11.4. The van der Waals surface area contributed by atoms with Gasteiger partial charge in [-0.15, -0.1) is 0 Å². The van der Waals surface area contributed by atoms with Crippen molar-refractivity contribution in [2.75, 3.05) is 44.3 Å². The molecule has 0 spiro atoms. The average Bonchev–Trinajstić information content (AvgIpc) is 2.79. The molecule has 2 saturated heterocycles. The summed E-state index contributed by atoms with van der Waals surface area (Å²) >= 11 is 0. The number of nitrogens with one attached hydrogen (secondary N) is 1. The maximum atomic E-state index is 6.13. The van der Waals surface area contributed by atoms with Crippen LogP contribution in [0.15, 0.2) is 18.3 Å². The lowest BCUT2D eigenvalue weighted by molar-refractivity contribution is -0.177. The first-order chi connectivity index (χ1) is 14.3. The van der Waals surface area contributed by atoms with Crippen molar-refractivity contribution in [3.8, 4) is 0 Å². The fourth-order valence-electron chi connectivity index (χ4n) is 4.37. The summed E-state index contributed by atoms with van der Waals surface area (Å²) in [5, 5.41) is 3.50. The molecule has 1 atom stereocenters. The van der Waals surface area contributed by atoms with E-state index in [1.165, 1.54) is 31.2 Å². The molecule has 2 aliphatic heterocycles. The van der Waals surface area contributed by atoms with Crippen LogP contribution in [0.25, 0.3) is 0 Å². The second-order valence-electron chi connectivity index (χ2n) is 8.63. The van der Waals surface area contributed by atoms with Crippen molar-refractivity contribution < 1.29 is 9.47 Å². The lowest BCUT2D eigenvalue weighted by Crippen LogP contribution is -2.40. The van der Waals surface area contributed by atoms with Crippen molar-refractivity contribution in [3.63, 3.8) is 0 Å². The van der Waals surface area contributed by atoms with E-state index < -0.39 is 0 Å². The van der Waals surface area contributed by atoms with Crippen LogP contribution in [-0.2, 0) is 9.47 Å². The minimum absolute atomic E-state index is 0.0376. The second kappa shape index (κ2) is 12.5. The van der Waals surface area contributed by atoms with Crippen LogP contribution in [0.3, 0.4) is 0 Å². The van der Waals surface area contributed by atoms with Crippen molar-refractivity contribution in [1.82, 2.24) is 10.3 Å². The lowest BCUT2D eigenvalue weighted by atomic mass is 9.93. The van der Waals surface area contributed by atoms with Crippen LogP contribution >= 0.6 is 0 Å². The van der Waals surface area contributed by atoms with Gasteiger partial charge in [-0.3, -0.25) is 0 Å². The molecular weight excluding hydrogens is 362 g/mol. The first kappa shape index (κ1) is 22.5. The highest BCUT2D eigenvalue weighted by Gasteiger charge is 2.28. The Bertz CT molecular complexity index is 542. The molecule has 5 heteroatoms. The van der Waals surface area contributed by atoms with E-state index in [0.29, 0.717) is 11.8 Å². The Morgan fingerprint density at radius 1 is 1.07 bits per heavy atom. The van der Waals surface area contributed by atoms with Gasteiger partial charge in [0.25, 0.3) is 0 Å². The predicted molar refractivity (Wildman–Crippen MR) is 120 cm³/mol. The lowest BCUT2D eigenvalue weighted by Gasteiger charge is -2.36. The number of rotatable bonds is 11. The molecule has 3 heterocycles. The highest BCUT2D eigenvalue weighted by Crippen LogP contribution is 2.28. The summed E-state index contributed by atoms with van der Waals surface area (Å²) in [6, 6.07) is 4.51. The maximum Gasteiger partial charge on any atom is 0.160 e. The quantitative estimate of drug-likeness (QED) is 0.428. The Morgan fingerprint density at radius 3 is 2.34 bits per heavy atom. The minimum Gasteiger partial charge on any atom is -0.357 e. The summed E-state index contributed by atoms with van der Waals surface area (Å²) in [5.74, 6) is 2.23. The zero-order valence-corrected chi connectivity index (χ0v) is 18.6. The van der Waals surface area contributed by atoms with E-state index in [9.17, 15) is 0 Å². The molecule has 29 heavy (non-hydrogen) atoms. The van der Waals surface area contributed by atoms with Crippen molar-refractivity contribution in [1.29, 1.82) is 0 Å². The summed E-state index contributed by atoms with van der Waals surface area (Å²) in [5.41, 5.74) is 1.38. The van der Waals surface area contributed by atoms with Crippen molar-refractivity contribution >= 4 is 5.82 Å². The van der Waals surface area contributed by atoms with Gasteiger partial charge in [0.15, 0.2) is 6.29 Å². The van der Waals surface area contributed by atoms with Crippen molar-refractivity contribution in [2.24, 2.45) is 5.92 Å². The fraction of sp³-hybridized carbons (Fsp3) is 0.792. The number of hydrogen-bond donors (Lipinski definition) is 1. The summed E-state index contributed by atoms with van der Waals surface area (Å²) < 4.78 is 12.3. The van der Waals surface area contributed by atoms with Crippen LogP contribution < -0.4 is 10.2 Å². The smallest absolute Gasteiger partial charge is 0.160 e. The number of anilines is 1. The highest BCUT2D eigenvalue weighted by molar-refractivity contribution is 5.40. The first-order valence-electron chi connectivity index (χ1n) is 12.0. The van der Waals surface area contributed by atoms with E-state index in [1.807, 2.05) is 0 Å². The van der Waals surface area contributed by atoms with E-state index >= 15 is 0 Å². The predicted octanol–water partition coefficient (Wildman–Crippen LogP) is 4.72. The van der Waals surface area contributed by atoms with Gasteiger partial charge in [0.2, 0.25) is 0 Å². The number of unbranched alkanes of at least 4 members (excludes halogenated alkanes) is 2. The third kappa shape index (κ3) is 6.94. The Hall–Kier alpha value is -1.17. The van der Waals surface area contributed by atoms with Gasteiger partial charge in [0.1, 0.15) is 5.82 Å². The molecule has 2 aliphatic rings. The van der Waals surface area contributed by atoms with Crippen LogP contribution in [0.2, 0.25) is 0 Å². The molecule has 1 aromatic heterocycles. The zero-order chi connectivity index (χ0) is 20.3. The van der Waals surface area contributed by atoms with E-state index in [1.54, 1.807) is 0 Å². The van der Waals surface area contributed by atoms with Crippen LogP contribution in [-0.4, -0.2) is 50.7 Å². The highest BCUT2D eigenvalue weighted by atomic mass is 16.7. The minimum atomic E-state index is -0.0376. The monoisotopic (exact) mass is 403 g/mol. The molecule has 0 aliphatic carbocycles. The Morgan fingerprint density at radius 2 is 1.79 bits per heavy atom. The largest absolute Gasteiger partial charge is 0.357 e. The Labute approximate surface area is 177 Å². The van der Waals surface area contributed by atoms with Gasteiger partial charge in [-0.05, 0) is 62.6 Å². The van der Waals surface area contributed by atoms with E-state index in [-0.39, 0.29) is 6.29 Å². The van der Waals surface area contributed by atoms with Crippen LogP contribution in [0, 0.1) is 5.92 Å². The number of ether oxygens (including phenoxy) is 2. The number of piperidine rings is 2. The molecule has 0 amide bonds. The second-order valence-corrected chi connectivity index (χ2v) is 8.63. The van der Waals surface area contributed by atoms with E-state index in [0.717, 1.165) is 70.9 Å². The fourth-order valence-corrected chi connectivity index (χ4v) is 4.37. The normalized spacial score (nSPS) is 21.1. The van der Waals surface area contributed by atoms with Gasteiger partial charge in [0.05, 0.1) is 0 Å². The molecule has 3 rings (SSSR count). The molecule has 1 unspecified atom stereocenters. The maximum absolute atomic E-state index is 6.13. The van der Waals surface area contributed by atoms with E-state index in [4.69, 9.17) is 14.5 Å². The summed E-state index contributed by atoms with van der Waals surface area (Å²) in [4.78, 5) is 7.23. The topological polar surface area (TPSA) is 46.6 Å². The zero-order valence-electron chi connectivity index (χ0n) is 18.6. The number of aromatic nitrogens is 1. The first-order valence-corrected chi connectivity index (χ1v) is 12.0. The van der Waals surface area contributed by atoms with Gasteiger partial charge in [0, 0.05) is 45.0 Å². The van der Waals surface area contributed by atoms with Gasteiger partial charge < -0.3 is 19.7 Å². The number of pyridine rings is 1. The van der Waals surface area contributed by atoms with E-state index in [2.05, 4.69) is 42.4 Å². The number of nitrogens with zero attached hydrogens (tertiary/aromatic N) is 2. The molecule has 2 fully saturated rings. The molecule has 0 aromatic carbocycles. The van der Waals surface area contributed by atoms with Crippen LogP contribution in [0.1, 0.15) is 76.7 Å². The molecular formula is C24H41N3O2. The SMILES string of the molecule is CCCCOC(OCCCC)C1CCN(c2ccc(C3CCCNC3)cn2)CC1. The van der Waals surface area contributed by atoms with Crippen LogP contribution in [0.4, 0.5) is 5.82 Å². The number of hydrogen-bond acceptors (Lipinski definition) is 5. The third-order valence-electron chi connectivity index (χ3n) is 6.35.